The molecule has 1 aliphatic rings. The fraction of sp³-hybridized carbons (Fsp3) is 0.0667. The second kappa shape index (κ2) is 9.05. The number of hydrogen-bond acceptors (Lipinski definition) is 1. The monoisotopic (exact) mass is 614 g/mol. The third-order valence-corrected chi connectivity index (χ3v) is 10.9. The van der Waals surface area contributed by atoms with Crippen molar-refractivity contribution in [2.75, 3.05) is 0 Å². The van der Waals surface area contributed by atoms with Crippen molar-refractivity contribution in [2.45, 2.75) is 19.3 Å². The van der Waals surface area contributed by atoms with Crippen LogP contribution in [0.2, 0.25) is 0 Å². The molecule has 1 aliphatic carbocycles. The minimum Gasteiger partial charge on any atom is -0.456 e. The molecule has 226 valence electrons. The molecule has 0 bridgehead atoms. The molecular weight excluding hydrogens is 585 g/mol. The van der Waals surface area contributed by atoms with Crippen LogP contribution in [0, 0.1) is 0 Å². The minimum atomic E-state index is -0.0205. The van der Waals surface area contributed by atoms with E-state index < -0.39 is 0 Å². The molecule has 48 heavy (non-hydrogen) atoms. The van der Waals surface area contributed by atoms with E-state index in [4.69, 9.17) is 4.42 Å². The zero-order valence-electron chi connectivity index (χ0n) is 26.6. The number of para-hydroxylation sites is 2. The molecule has 0 radical (unpaired) electrons. The Labute approximate surface area is 276 Å². The summed E-state index contributed by atoms with van der Waals surface area (Å²) >= 11 is 0. The van der Waals surface area contributed by atoms with Gasteiger partial charge in [0.05, 0.1) is 11.0 Å². The summed E-state index contributed by atoms with van der Waals surface area (Å²) in [5.74, 6) is 0. The van der Waals surface area contributed by atoms with E-state index in [1.54, 1.807) is 0 Å². The van der Waals surface area contributed by atoms with Gasteiger partial charge in [0.25, 0.3) is 0 Å². The van der Waals surface area contributed by atoms with Gasteiger partial charge < -0.3 is 14.0 Å². The summed E-state index contributed by atoms with van der Waals surface area (Å²) in [6.07, 6.45) is 0. The van der Waals surface area contributed by atoms with Crippen LogP contribution < -0.4 is 0 Å². The number of hydrogen-bond donors (Lipinski definition) is 1. The highest BCUT2D eigenvalue weighted by Gasteiger charge is 2.35. The van der Waals surface area contributed by atoms with Crippen LogP contribution in [-0.2, 0) is 5.41 Å². The van der Waals surface area contributed by atoms with Crippen molar-refractivity contribution in [3.8, 4) is 27.9 Å². The fourth-order valence-electron chi connectivity index (χ4n) is 8.55. The summed E-state index contributed by atoms with van der Waals surface area (Å²) in [4.78, 5) is 3.73. The molecule has 0 saturated heterocycles. The van der Waals surface area contributed by atoms with Gasteiger partial charge in [-0.05, 0) is 94.0 Å². The van der Waals surface area contributed by atoms with E-state index in [2.05, 4.69) is 163 Å². The second-order valence-corrected chi connectivity index (χ2v) is 13.9. The van der Waals surface area contributed by atoms with E-state index in [0.717, 1.165) is 38.7 Å². The SMILES string of the molecule is CC1(C)c2ccccc2-c2cc3c(cc21)[nH]c1ccc(-c2ccc4oc5cc6c(cc5c4c2)c2ccccc2n6-c2ccccc2)cc13. The predicted octanol–water partition coefficient (Wildman–Crippen LogP) is 12.3. The zero-order valence-corrected chi connectivity index (χ0v) is 26.6. The van der Waals surface area contributed by atoms with Crippen LogP contribution >= 0.6 is 0 Å². The van der Waals surface area contributed by atoms with E-state index in [0.29, 0.717) is 0 Å². The summed E-state index contributed by atoms with van der Waals surface area (Å²) in [5.41, 5.74) is 15.5. The lowest BCUT2D eigenvalue weighted by atomic mass is 9.82. The standard InChI is InChI=1S/C45H30N2O/c1-45(2)37-14-8-6-12-29(37)31-22-33-32-20-26(16-18-39(32)46-40(33)24-38(31)45)27-17-19-43-35(21-27)36-23-34-30-13-7-9-15-41(30)47(28-10-4-3-5-11-28)42(34)25-44(36)48-43/h3-25,46H,1-2H3. The highest BCUT2D eigenvalue weighted by Crippen LogP contribution is 2.50. The third-order valence-electron chi connectivity index (χ3n) is 10.9. The topological polar surface area (TPSA) is 33.9 Å². The van der Waals surface area contributed by atoms with Crippen molar-refractivity contribution in [3.05, 3.63) is 151 Å². The summed E-state index contributed by atoms with van der Waals surface area (Å²) < 4.78 is 8.86. The Bertz CT molecular complexity index is 2970. The largest absolute Gasteiger partial charge is 0.456 e. The van der Waals surface area contributed by atoms with E-state index in [1.807, 2.05) is 0 Å². The summed E-state index contributed by atoms with van der Waals surface area (Å²) in [6.45, 7) is 4.68. The summed E-state index contributed by atoms with van der Waals surface area (Å²) in [5, 5.41) is 7.26. The number of aromatic nitrogens is 2. The van der Waals surface area contributed by atoms with Crippen molar-refractivity contribution in [2.24, 2.45) is 0 Å². The van der Waals surface area contributed by atoms with Gasteiger partial charge in [-0.3, -0.25) is 0 Å². The first-order valence-electron chi connectivity index (χ1n) is 16.7. The molecule has 0 fully saturated rings. The Hall–Kier alpha value is -6.06. The quantitative estimate of drug-likeness (QED) is 0.206. The molecule has 0 saturated carbocycles. The number of benzene rings is 7. The van der Waals surface area contributed by atoms with E-state index in [1.165, 1.54) is 66.0 Å². The molecule has 3 nitrogen and oxygen atoms in total. The molecule has 3 heterocycles. The van der Waals surface area contributed by atoms with E-state index >= 15 is 0 Å². The number of H-pyrrole nitrogens is 1. The van der Waals surface area contributed by atoms with Gasteiger partial charge in [-0.15, -0.1) is 0 Å². The van der Waals surface area contributed by atoms with Gasteiger partial charge in [-0.1, -0.05) is 86.6 Å². The van der Waals surface area contributed by atoms with Gasteiger partial charge in [-0.25, -0.2) is 0 Å². The fourth-order valence-corrected chi connectivity index (χ4v) is 8.55. The van der Waals surface area contributed by atoms with Crippen molar-refractivity contribution < 1.29 is 4.42 Å². The number of nitrogens with zero attached hydrogens (tertiary/aromatic N) is 1. The normalized spacial score (nSPS) is 13.8. The molecule has 3 heteroatoms. The highest BCUT2D eigenvalue weighted by atomic mass is 16.3. The first-order chi connectivity index (χ1) is 23.5. The Morgan fingerprint density at radius 1 is 0.479 bits per heavy atom. The first-order valence-corrected chi connectivity index (χ1v) is 16.7. The lowest BCUT2D eigenvalue weighted by molar-refractivity contribution is 0.661. The Balaban J connectivity index is 1.10. The molecule has 10 aromatic rings. The Morgan fingerprint density at radius 3 is 2.10 bits per heavy atom. The smallest absolute Gasteiger partial charge is 0.137 e. The average molecular weight is 615 g/mol. The van der Waals surface area contributed by atoms with Crippen molar-refractivity contribution >= 4 is 65.6 Å². The molecule has 11 rings (SSSR count). The number of aromatic amines is 1. The maximum atomic E-state index is 6.52. The number of nitrogens with one attached hydrogen (secondary N) is 1. The van der Waals surface area contributed by atoms with Gasteiger partial charge in [-0.2, -0.15) is 0 Å². The highest BCUT2D eigenvalue weighted by molar-refractivity contribution is 6.18. The number of furan rings is 1. The van der Waals surface area contributed by atoms with Crippen LogP contribution in [0.3, 0.4) is 0 Å². The first kappa shape index (κ1) is 26.1. The van der Waals surface area contributed by atoms with E-state index in [-0.39, 0.29) is 5.41 Å². The van der Waals surface area contributed by atoms with Gasteiger partial charge in [0.15, 0.2) is 0 Å². The van der Waals surface area contributed by atoms with Gasteiger partial charge >= 0.3 is 0 Å². The van der Waals surface area contributed by atoms with Gasteiger partial charge in [0, 0.05) is 60.5 Å². The van der Waals surface area contributed by atoms with Crippen LogP contribution in [0.25, 0.3) is 93.5 Å². The Morgan fingerprint density at radius 2 is 1.21 bits per heavy atom. The molecule has 0 aliphatic heterocycles. The Kier molecular flexibility index (Phi) is 4.91. The molecule has 0 atom stereocenters. The predicted molar refractivity (Wildman–Crippen MR) is 200 cm³/mol. The molecule has 3 aromatic heterocycles. The third kappa shape index (κ3) is 3.38. The minimum absolute atomic E-state index is 0.0205. The molecule has 0 amide bonds. The molecule has 0 spiro atoms. The van der Waals surface area contributed by atoms with E-state index in [9.17, 15) is 0 Å². The van der Waals surface area contributed by atoms with Gasteiger partial charge in [0.2, 0.25) is 0 Å². The maximum absolute atomic E-state index is 6.52. The molecular formula is C45H30N2O. The van der Waals surface area contributed by atoms with Crippen LogP contribution in [-0.4, -0.2) is 9.55 Å². The lowest BCUT2D eigenvalue weighted by Crippen LogP contribution is -2.14. The summed E-state index contributed by atoms with van der Waals surface area (Å²) in [6, 6.07) is 50.9. The second-order valence-electron chi connectivity index (χ2n) is 13.9. The molecule has 7 aromatic carbocycles. The molecule has 0 unspecified atom stereocenters. The molecule has 1 N–H and O–H groups in total. The van der Waals surface area contributed by atoms with Crippen LogP contribution in [0.4, 0.5) is 0 Å². The van der Waals surface area contributed by atoms with Crippen molar-refractivity contribution in [3.63, 3.8) is 0 Å². The average Bonchev–Trinajstić information content (AvgIpc) is 3.83. The zero-order chi connectivity index (χ0) is 31.7. The van der Waals surface area contributed by atoms with Crippen molar-refractivity contribution in [1.29, 1.82) is 0 Å². The number of rotatable bonds is 2. The maximum Gasteiger partial charge on any atom is 0.137 e. The van der Waals surface area contributed by atoms with Crippen LogP contribution in [0.5, 0.6) is 0 Å². The summed E-state index contributed by atoms with van der Waals surface area (Å²) in [7, 11) is 0. The van der Waals surface area contributed by atoms with Crippen molar-refractivity contribution in [1.82, 2.24) is 9.55 Å². The van der Waals surface area contributed by atoms with Crippen LogP contribution in [0.15, 0.2) is 144 Å². The van der Waals surface area contributed by atoms with Gasteiger partial charge in [0.1, 0.15) is 11.2 Å². The lowest BCUT2D eigenvalue weighted by Gasteiger charge is -2.21. The number of fused-ring (bicyclic) bond motifs is 12. The van der Waals surface area contributed by atoms with Crippen LogP contribution in [0.1, 0.15) is 25.0 Å².